The van der Waals surface area contributed by atoms with E-state index in [1.165, 1.54) is 0 Å². The standard InChI is InChI=1S/C20H20N2O2/c1-13-7-8-14(2)17(11-13)22-19(23)12-24-18-6-4-5-16-10-9-15(3)21-20(16)18/h4-11H,12H2,1-3H3,(H,22,23). The van der Waals surface area contributed by atoms with Gasteiger partial charge in [0.2, 0.25) is 0 Å². The Bertz CT molecular complexity index is 903. The lowest BCUT2D eigenvalue weighted by Crippen LogP contribution is -2.20. The summed E-state index contributed by atoms with van der Waals surface area (Å²) in [7, 11) is 0. The molecule has 1 heterocycles. The summed E-state index contributed by atoms with van der Waals surface area (Å²) < 4.78 is 5.70. The molecular weight excluding hydrogens is 300 g/mol. The van der Waals surface area contributed by atoms with E-state index < -0.39 is 0 Å². The van der Waals surface area contributed by atoms with Crippen LogP contribution in [0.2, 0.25) is 0 Å². The van der Waals surface area contributed by atoms with Gasteiger partial charge in [-0.15, -0.1) is 0 Å². The van der Waals surface area contributed by atoms with Gasteiger partial charge >= 0.3 is 0 Å². The maximum Gasteiger partial charge on any atom is 0.262 e. The number of carbonyl (C=O) groups excluding carboxylic acids is 1. The minimum Gasteiger partial charge on any atom is -0.481 e. The van der Waals surface area contributed by atoms with E-state index in [0.29, 0.717) is 5.75 Å². The molecule has 1 aromatic heterocycles. The van der Waals surface area contributed by atoms with Crippen molar-refractivity contribution < 1.29 is 9.53 Å². The lowest BCUT2D eigenvalue weighted by molar-refractivity contribution is -0.118. The van der Waals surface area contributed by atoms with Gasteiger partial charge in [0.15, 0.2) is 6.61 Å². The summed E-state index contributed by atoms with van der Waals surface area (Å²) in [4.78, 5) is 16.7. The molecule has 0 atom stereocenters. The first kappa shape index (κ1) is 16.0. The van der Waals surface area contributed by atoms with Crippen LogP contribution in [-0.4, -0.2) is 17.5 Å². The monoisotopic (exact) mass is 320 g/mol. The van der Waals surface area contributed by atoms with E-state index >= 15 is 0 Å². The van der Waals surface area contributed by atoms with Crippen LogP contribution in [0, 0.1) is 20.8 Å². The number of aryl methyl sites for hydroxylation is 3. The zero-order chi connectivity index (χ0) is 17.1. The number of amides is 1. The molecule has 0 saturated carbocycles. The van der Waals surface area contributed by atoms with E-state index in [1.807, 2.05) is 69.3 Å². The van der Waals surface area contributed by atoms with Gasteiger partial charge in [0, 0.05) is 16.8 Å². The maximum absolute atomic E-state index is 12.2. The van der Waals surface area contributed by atoms with Crippen molar-refractivity contribution in [3.05, 3.63) is 65.4 Å². The lowest BCUT2D eigenvalue weighted by Gasteiger charge is -2.11. The van der Waals surface area contributed by atoms with Crippen molar-refractivity contribution in [1.82, 2.24) is 4.98 Å². The van der Waals surface area contributed by atoms with Crippen LogP contribution in [0.5, 0.6) is 5.75 Å². The number of carbonyl (C=O) groups is 1. The smallest absolute Gasteiger partial charge is 0.262 e. The number of benzene rings is 2. The van der Waals surface area contributed by atoms with E-state index in [9.17, 15) is 4.79 Å². The Morgan fingerprint density at radius 1 is 1.08 bits per heavy atom. The quantitative estimate of drug-likeness (QED) is 0.784. The number of hydrogen-bond acceptors (Lipinski definition) is 3. The Morgan fingerprint density at radius 3 is 2.75 bits per heavy atom. The lowest BCUT2D eigenvalue weighted by atomic mass is 10.1. The number of anilines is 1. The molecule has 0 aliphatic rings. The zero-order valence-electron chi connectivity index (χ0n) is 14.1. The number of ether oxygens (including phenoxy) is 1. The average molecular weight is 320 g/mol. The number of nitrogens with one attached hydrogen (secondary N) is 1. The van der Waals surface area contributed by atoms with Gasteiger partial charge in [0.25, 0.3) is 5.91 Å². The fourth-order valence-corrected chi connectivity index (χ4v) is 2.53. The van der Waals surface area contributed by atoms with Gasteiger partial charge < -0.3 is 10.1 Å². The predicted octanol–water partition coefficient (Wildman–Crippen LogP) is 4.18. The average Bonchev–Trinajstić information content (AvgIpc) is 2.56. The summed E-state index contributed by atoms with van der Waals surface area (Å²) in [6.45, 7) is 5.84. The van der Waals surface area contributed by atoms with E-state index in [4.69, 9.17) is 4.74 Å². The Labute approximate surface area is 141 Å². The molecule has 0 radical (unpaired) electrons. The maximum atomic E-state index is 12.2. The first-order chi connectivity index (χ1) is 11.5. The molecule has 0 aliphatic carbocycles. The molecule has 0 saturated heterocycles. The first-order valence-corrected chi connectivity index (χ1v) is 7.89. The molecule has 1 N–H and O–H groups in total. The summed E-state index contributed by atoms with van der Waals surface area (Å²) in [6.07, 6.45) is 0. The molecule has 3 aromatic rings. The van der Waals surface area contributed by atoms with Crippen molar-refractivity contribution >= 4 is 22.5 Å². The summed E-state index contributed by atoms with van der Waals surface area (Å²) >= 11 is 0. The fraction of sp³-hybridized carbons (Fsp3) is 0.200. The zero-order valence-corrected chi connectivity index (χ0v) is 14.1. The number of fused-ring (bicyclic) bond motifs is 1. The van der Waals surface area contributed by atoms with E-state index in [0.717, 1.165) is 33.4 Å². The number of para-hydroxylation sites is 1. The van der Waals surface area contributed by atoms with Gasteiger partial charge in [-0.25, -0.2) is 4.98 Å². The van der Waals surface area contributed by atoms with Crippen LogP contribution >= 0.6 is 0 Å². The Kier molecular flexibility index (Phi) is 4.47. The fourth-order valence-electron chi connectivity index (χ4n) is 2.53. The van der Waals surface area contributed by atoms with Crippen LogP contribution in [0.1, 0.15) is 16.8 Å². The van der Waals surface area contributed by atoms with Gasteiger partial charge in [0.1, 0.15) is 11.3 Å². The normalized spacial score (nSPS) is 10.6. The molecule has 2 aromatic carbocycles. The largest absolute Gasteiger partial charge is 0.481 e. The number of pyridine rings is 1. The second-order valence-corrected chi connectivity index (χ2v) is 5.94. The van der Waals surface area contributed by atoms with Gasteiger partial charge in [-0.3, -0.25) is 4.79 Å². The highest BCUT2D eigenvalue weighted by Gasteiger charge is 2.09. The van der Waals surface area contributed by atoms with Crippen molar-refractivity contribution in [1.29, 1.82) is 0 Å². The minimum atomic E-state index is -0.187. The van der Waals surface area contributed by atoms with Gasteiger partial charge in [-0.2, -0.15) is 0 Å². The summed E-state index contributed by atoms with van der Waals surface area (Å²) in [5.74, 6) is 0.431. The Balaban J connectivity index is 1.73. The second-order valence-electron chi connectivity index (χ2n) is 5.94. The Morgan fingerprint density at radius 2 is 1.92 bits per heavy atom. The van der Waals surface area contributed by atoms with E-state index in [2.05, 4.69) is 10.3 Å². The van der Waals surface area contributed by atoms with Crippen molar-refractivity contribution in [2.75, 3.05) is 11.9 Å². The molecular formula is C20H20N2O2. The van der Waals surface area contributed by atoms with Crippen LogP contribution in [-0.2, 0) is 4.79 Å². The molecule has 3 rings (SSSR count). The highest BCUT2D eigenvalue weighted by molar-refractivity contribution is 5.93. The van der Waals surface area contributed by atoms with E-state index in [1.54, 1.807) is 0 Å². The minimum absolute atomic E-state index is 0.0535. The summed E-state index contributed by atoms with van der Waals surface area (Å²) in [5, 5.41) is 3.89. The van der Waals surface area contributed by atoms with Crippen molar-refractivity contribution in [3.63, 3.8) is 0 Å². The van der Waals surface area contributed by atoms with Crippen molar-refractivity contribution in [2.45, 2.75) is 20.8 Å². The molecule has 0 aliphatic heterocycles. The van der Waals surface area contributed by atoms with Crippen LogP contribution < -0.4 is 10.1 Å². The molecule has 0 bridgehead atoms. The summed E-state index contributed by atoms with van der Waals surface area (Å²) in [5.41, 5.74) is 4.63. The van der Waals surface area contributed by atoms with Crippen LogP contribution in [0.4, 0.5) is 5.69 Å². The third-order valence-electron chi connectivity index (χ3n) is 3.85. The SMILES string of the molecule is Cc1ccc(C)c(NC(=O)COc2cccc3ccc(C)nc23)c1. The molecule has 122 valence electrons. The topological polar surface area (TPSA) is 51.2 Å². The van der Waals surface area contributed by atoms with Crippen LogP contribution in [0.3, 0.4) is 0 Å². The number of aromatic nitrogens is 1. The molecule has 0 fully saturated rings. The number of nitrogens with zero attached hydrogens (tertiary/aromatic N) is 1. The van der Waals surface area contributed by atoms with Gasteiger partial charge in [-0.05, 0) is 50.1 Å². The number of hydrogen-bond donors (Lipinski definition) is 1. The first-order valence-electron chi connectivity index (χ1n) is 7.89. The van der Waals surface area contributed by atoms with E-state index in [-0.39, 0.29) is 12.5 Å². The van der Waals surface area contributed by atoms with Crippen molar-refractivity contribution in [3.8, 4) is 5.75 Å². The summed E-state index contributed by atoms with van der Waals surface area (Å²) in [6, 6.07) is 15.6. The third-order valence-corrected chi connectivity index (χ3v) is 3.85. The van der Waals surface area contributed by atoms with Crippen LogP contribution in [0.15, 0.2) is 48.5 Å². The number of rotatable bonds is 4. The highest BCUT2D eigenvalue weighted by atomic mass is 16.5. The second kappa shape index (κ2) is 6.71. The molecule has 0 unspecified atom stereocenters. The predicted molar refractivity (Wildman–Crippen MR) is 96.5 cm³/mol. The molecule has 24 heavy (non-hydrogen) atoms. The Hall–Kier alpha value is -2.88. The molecule has 1 amide bonds. The third kappa shape index (κ3) is 3.54. The highest BCUT2D eigenvalue weighted by Crippen LogP contribution is 2.24. The van der Waals surface area contributed by atoms with Gasteiger partial charge in [-0.1, -0.05) is 30.3 Å². The molecule has 4 nitrogen and oxygen atoms in total. The molecule has 0 spiro atoms. The molecule has 4 heteroatoms. The van der Waals surface area contributed by atoms with Gasteiger partial charge in [0.05, 0.1) is 0 Å². The van der Waals surface area contributed by atoms with Crippen LogP contribution in [0.25, 0.3) is 10.9 Å². The van der Waals surface area contributed by atoms with Crippen molar-refractivity contribution in [2.24, 2.45) is 0 Å².